The van der Waals surface area contributed by atoms with Crippen LogP contribution in [-0.4, -0.2) is 247 Å². The van der Waals surface area contributed by atoms with Crippen molar-refractivity contribution >= 4 is 145 Å². The fraction of sp³-hybridized carbons (Fsp3) is 0.545. The molecule has 0 aliphatic carbocycles. The maximum absolute atomic E-state index is 14.4. The molecule has 0 radical (unpaired) electrons. The minimum absolute atomic E-state index is 0.0419. The van der Waals surface area contributed by atoms with Crippen molar-refractivity contribution < 1.29 is 87.2 Å². The lowest BCUT2D eigenvalue weighted by Gasteiger charge is -2.30. The largest absolute Gasteiger partial charge is 0.508 e. The molecule has 12 atom stereocenters. The number of phenolic OH excluding ortho intramolecular Hbond substituents is 1. The molecular formula is C55H84N20O18S4. The van der Waals surface area contributed by atoms with Crippen molar-refractivity contribution in [1.29, 1.82) is 0 Å². The number of carboxylic acid groups (broad SMARTS) is 1. The zero-order chi connectivity index (χ0) is 72.6. The Bertz CT molecular complexity index is 3130. The van der Waals surface area contributed by atoms with Gasteiger partial charge in [-0.25, -0.2) is 4.98 Å². The highest BCUT2D eigenvalue weighted by atomic mass is 32.1. The number of aromatic amines is 1. The quantitative estimate of drug-likeness (QED) is 0.0127. The standard InChI is InChI=1S/C55H84N20O18S4/c1-25(65-53(92)39-5-3-13-75(39)54(93)33(16-40(57)78)69-51(90)38(23-97)74-52(91)37(22-96)73-45(84)29(56)10-11-42(80)81)44(83)72-36(21-95)46(85)63-18-41(79)66-30(4-2-12-62-55(59)60)47(86)68-32(15-27-17-61-24-64-27)49(88)67-31(14-26-6-8-28(77)9-7-26)48(87)70-34(19-76)50(89)71-35(20-94)43(58)82/h6-9,17,24-25,29-39,76-77,94-97H,2-5,10-16,18-23,56H2,1H3,(H2,57,78)(H2,58,82)(H,61,64)(H,63,85)(H,65,92)(H,66,79)(H,67,88)(H,68,86)(H,69,90)(H,70,87)(H,71,89)(H,72,83)(H,73,84)(H,74,91)(H,80,81)(H4,59,60,62)/t25-,29-,30-,31-,32-,33-,34-,35-,36-,37-,38-,39-/m0/s1. The maximum atomic E-state index is 14.4. The Hall–Kier alpha value is -9.13. The zero-order valence-electron chi connectivity index (χ0n) is 52.4. The van der Waals surface area contributed by atoms with Crippen LogP contribution in [0.3, 0.4) is 0 Å². The third-order valence-corrected chi connectivity index (χ3v) is 15.8. The minimum atomic E-state index is -1.69. The first kappa shape index (κ1) is 82.1. The molecule has 42 heteroatoms. The summed E-state index contributed by atoms with van der Waals surface area (Å²) in [5, 5.41) is 55.3. The van der Waals surface area contributed by atoms with Crippen LogP contribution in [0.4, 0.5) is 0 Å². The summed E-state index contributed by atoms with van der Waals surface area (Å²) in [4.78, 5) is 210. The molecule has 2 heterocycles. The molecule has 0 spiro atoms. The summed E-state index contributed by atoms with van der Waals surface area (Å²) in [5.41, 5.74) is 28.1. The molecule has 14 amide bonds. The van der Waals surface area contributed by atoms with E-state index in [0.29, 0.717) is 11.3 Å². The van der Waals surface area contributed by atoms with Gasteiger partial charge in [0.25, 0.3) is 0 Å². The number of aliphatic hydroxyl groups excluding tert-OH is 1. The number of hydrogen-bond donors (Lipinski definition) is 24. The summed E-state index contributed by atoms with van der Waals surface area (Å²) >= 11 is 16.3. The predicted molar refractivity (Wildman–Crippen MR) is 357 cm³/mol. The average molecular weight is 1440 g/mol. The highest BCUT2D eigenvalue weighted by molar-refractivity contribution is 7.80. The lowest BCUT2D eigenvalue weighted by molar-refractivity contribution is -0.143. The monoisotopic (exact) mass is 1440 g/mol. The smallest absolute Gasteiger partial charge is 0.303 e. The highest BCUT2D eigenvalue weighted by Gasteiger charge is 2.41. The molecule has 25 N–H and O–H groups in total. The number of hydrogen-bond acceptors (Lipinski definition) is 24. The van der Waals surface area contributed by atoms with E-state index in [4.69, 9.17) is 33.8 Å². The molecule has 1 aliphatic heterocycles. The summed E-state index contributed by atoms with van der Waals surface area (Å²) in [7, 11) is 0. The van der Waals surface area contributed by atoms with Gasteiger partial charge in [-0.15, -0.1) is 0 Å². The minimum Gasteiger partial charge on any atom is -0.508 e. The van der Waals surface area contributed by atoms with Crippen LogP contribution in [0.5, 0.6) is 5.75 Å². The number of imidazole rings is 1. The Labute approximate surface area is 577 Å². The molecule has 1 aromatic heterocycles. The van der Waals surface area contributed by atoms with Crippen LogP contribution in [0.1, 0.15) is 63.1 Å². The fourth-order valence-corrected chi connectivity index (χ4v) is 10.1. The molecule has 1 fully saturated rings. The van der Waals surface area contributed by atoms with E-state index in [1.54, 1.807) is 0 Å². The van der Waals surface area contributed by atoms with Gasteiger partial charge in [0.1, 0.15) is 72.2 Å². The summed E-state index contributed by atoms with van der Waals surface area (Å²) < 4.78 is 0. The number of H-pyrrole nitrogens is 1. The summed E-state index contributed by atoms with van der Waals surface area (Å²) in [6.07, 6.45) is 0.703. The summed E-state index contributed by atoms with van der Waals surface area (Å²) in [6, 6.07) is -12.1. The number of aromatic nitrogens is 2. The van der Waals surface area contributed by atoms with Crippen molar-refractivity contribution in [3.8, 4) is 5.75 Å². The number of primary amides is 2. The van der Waals surface area contributed by atoms with E-state index < -0.39 is 187 Å². The van der Waals surface area contributed by atoms with E-state index in [2.05, 4.69) is 124 Å². The maximum Gasteiger partial charge on any atom is 0.303 e. The Kier molecular flexibility index (Phi) is 35.3. The summed E-state index contributed by atoms with van der Waals surface area (Å²) in [5.74, 6) is -16.5. The lowest BCUT2D eigenvalue weighted by atomic mass is 10.0. The third-order valence-electron chi connectivity index (χ3n) is 14.4. The van der Waals surface area contributed by atoms with Gasteiger partial charge < -0.3 is 112 Å². The van der Waals surface area contributed by atoms with E-state index in [9.17, 15) is 82.1 Å². The fourth-order valence-electron chi connectivity index (χ4n) is 9.09. The number of rotatable bonds is 42. The van der Waals surface area contributed by atoms with Gasteiger partial charge in [-0.3, -0.25) is 76.9 Å². The number of nitrogens with zero attached hydrogens (tertiary/aromatic N) is 3. The van der Waals surface area contributed by atoms with Crippen LogP contribution < -0.4 is 87.2 Å². The van der Waals surface area contributed by atoms with Crippen molar-refractivity contribution in [3.63, 3.8) is 0 Å². The Morgan fingerprint density at radius 3 is 1.67 bits per heavy atom. The van der Waals surface area contributed by atoms with Gasteiger partial charge in [0.2, 0.25) is 82.7 Å². The number of benzene rings is 1. The van der Waals surface area contributed by atoms with Crippen LogP contribution in [0, 0.1) is 0 Å². The van der Waals surface area contributed by atoms with Crippen LogP contribution in [0.15, 0.2) is 41.8 Å². The Morgan fingerprint density at radius 1 is 0.629 bits per heavy atom. The van der Waals surface area contributed by atoms with Crippen molar-refractivity contribution in [3.05, 3.63) is 48.0 Å². The second-order valence-electron chi connectivity index (χ2n) is 21.9. The first-order valence-electron chi connectivity index (χ1n) is 29.9. The summed E-state index contributed by atoms with van der Waals surface area (Å²) in [6.45, 7) is -0.670. The molecule has 1 saturated heterocycles. The first-order chi connectivity index (χ1) is 45.9. The number of nitrogens with two attached hydrogens (primary N) is 5. The number of carbonyl (C=O) groups excluding carboxylic acids is 14. The van der Waals surface area contributed by atoms with Gasteiger partial charge in [0.05, 0.1) is 31.9 Å². The number of carbonyl (C=O) groups is 15. The van der Waals surface area contributed by atoms with E-state index in [0.717, 1.165) is 4.90 Å². The molecule has 2 aromatic rings. The van der Waals surface area contributed by atoms with Crippen molar-refractivity contribution in [2.45, 2.75) is 137 Å². The van der Waals surface area contributed by atoms with E-state index in [1.807, 2.05) is 0 Å². The normalized spacial score (nSPS) is 15.9. The number of aliphatic hydroxyl groups is 1. The number of likely N-dealkylation sites (tertiary alicyclic amines) is 1. The molecule has 1 aromatic carbocycles. The van der Waals surface area contributed by atoms with E-state index >= 15 is 0 Å². The van der Waals surface area contributed by atoms with Gasteiger partial charge in [0, 0.05) is 67.3 Å². The number of amides is 14. The number of nitrogens with one attached hydrogen (secondary N) is 12. The molecule has 1 aliphatic rings. The molecule has 0 saturated carbocycles. The van der Waals surface area contributed by atoms with Crippen LogP contribution >= 0.6 is 50.5 Å². The van der Waals surface area contributed by atoms with Crippen LogP contribution in [-0.2, 0) is 84.8 Å². The number of aliphatic carboxylic acids is 1. The lowest BCUT2D eigenvalue weighted by Crippen LogP contribution is -2.60. The molecule has 0 unspecified atom stereocenters. The number of aliphatic imine (C=N–C) groups is 1. The Balaban J connectivity index is 1.73. The molecular weight excluding hydrogens is 1360 g/mol. The van der Waals surface area contributed by atoms with Crippen LogP contribution in [0.25, 0.3) is 0 Å². The van der Waals surface area contributed by atoms with E-state index in [-0.39, 0.29) is 92.8 Å². The first-order valence-corrected chi connectivity index (χ1v) is 32.4. The zero-order valence-corrected chi connectivity index (χ0v) is 56.0. The number of thiol groups is 4. The van der Waals surface area contributed by atoms with Gasteiger partial charge in [-0.05, 0) is 56.7 Å². The number of aromatic hydroxyl groups is 1. The number of guanidine groups is 1. The number of carboxylic acids is 1. The van der Waals surface area contributed by atoms with Crippen LogP contribution in [0.2, 0.25) is 0 Å². The molecule has 97 heavy (non-hydrogen) atoms. The predicted octanol–water partition coefficient (Wildman–Crippen LogP) is -9.81. The second kappa shape index (κ2) is 41.7. The Morgan fingerprint density at radius 2 is 1.13 bits per heavy atom. The third kappa shape index (κ3) is 28.2. The van der Waals surface area contributed by atoms with Gasteiger partial charge in [0.15, 0.2) is 5.96 Å². The molecule has 38 nitrogen and oxygen atoms in total. The molecule has 0 bridgehead atoms. The molecule has 3 rings (SSSR count). The topological polar surface area (TPSA) is 623 Å². The van der Waals surface area contributed by atoms with Crippen molar-refractivity contribution in [2.24, 2.45) is 33.7 Å². The average Bonchev–Trinajstić information content (AvgIpc) is 1.77. The van der Waals surface area contributed by atoms with Crippen molar-refractivity contribution in [1.82, 2.24) is 73.4 Å². The van der Waals surface area contributed by atoms with Gasteiger partial charge in [-0.1, -0.05) is 12.1 Å². The number of phenols is 1. The second-order valence-corrected chi connectivity index (χ2v) is 23.3. The highest BCUT2D eigenvalue weighted by Crippen LogP contribution is 2.20. The van der Waals surface area contributed by atoms with Gasteiger partial charge in [-0.2, -0.15) is 50.5 Å². The molecule has 536 valence electrons. The SMILES string of the molecule is C[C@H](NC(=O)[C@@H]1CCCN1C(=O)[C@H](CC(N)=O)NC(=O)[C@H](CS)NC(=O)[C@H](CS)NC(=O)[C@@H](N)CCC(=O)O)C(=O)N[C@@H](CS)C(=O)NCC(=O)N[C@@H](CCCN=C(N)N)C(=O)N[C@@H](Cc1cnc[nH]1)C(=O)N[C@@H](Cc1ccc(O)cc1)C(=O)N[C@@H](CO)C(=O)N[C@@H](CS)C(N)=O. The van der Waals surface area contributed by atoms with Gasteiger partial charge >= 0.3 is 5.97 Å². The van der Waals surface area contributed by atoms with Crippen molar-refractivity contribution in [2.75, 3.05) is 49.3 Å². The van der Waals surface area contributed by atoms with E-state index in [1.165, 1.54) is 43.7 Å².